The molecule has 0 amide bonds. The second-order valence-electron chi connectivity index (χ2n) is 3.31. The number of hydrogen-bond acceptors (Lipinski definition) is 3. The zero-order valence-electron chi connectivity index (χ0n) is 9.15. The van der Waals surface area contributed by atoms with E-state index < -0.39 is 5.82 Å². The van der Waals surface area contributed by atoms with Crippen LogP contribution in [0.3, 0.4) is 0 Å². The third-order valence-corrected chi connectivity index (χ3v) is 3.44. The molecule has 0 fully saturated rings. The number of rotatable bonds is 3. The van der Waals surface area contributed by atoms with Gasteiger partial charge in [0.1, 0.15) is 17.3 Å². The second kappa shape index (κ2) is 4.98. The van der Waals surface area contributed by atoms with E-state index in [0.29, 0.717) is 5.82 Å². The molecule has 1 aromatic carbocycles. The summed E-state index contributed by atoms with van der Waals surface area (Å²) in [5.74, 6) is 0.838. The number of benzene rings is 1. The van der Waals surface area contributed by atoms with Crippen molar-refractivity contribution in [3.05, 3.63) is 35.2 Å². The molecule has 3 nitrogen and oxygen atoms in total. The van der Waals surface area contributed by atoms with Gasteiger partial charge in [0.2, 0.25) is 0 Å². The molecule has 0 aliphatic carbocycles. The lowest BCUT2D eigenvalue weighted by Crippen LogP contribution is -2.05. The molecule has 90 valence electrons. The van der Waals surface area contributed by atoms with Crippen molar-refractivity contribution in [1.82, 2.24) is 9.78 Å². The molecule has 1 aromatic heterocycles. The summed E-state index contributed by atoms with van der Waals surface area (Å²) in [6, 6.07) is 4.48. The smallest absolute Gasteiger partial charge is 0.150 e. The zero-order valence-corrected chi connectivity index (χ0v) is 10.7. The van der Waals surface area contributed by atoms with Crippen LogP contribution in [-0.2, 0) is 0 Å². The number of halogens is 2. The monoisotopic (exact) mass is 271 g/mol. The van der Waals surface area contributed by atoms with Crippen molar-refractivity contribution in [2.45, 2.75) is 11.8 Å². The van der Waals surface area contributed by atoms with E-state index in [9.17, 15) is 4.39 Å². The molecule has 0 spiro atoms. The number of nitrogens with zero attached hydrogens (tertiary/aromatic N) is 2. The van der Waals surface area contributed by atoms with E-state index in [-0.39, 0.29) is 10.7 Å². The van der Waals surface area contributed by atoms with Crippen molar-refractivity contribution in [2.75, 3.05) is 11.5 Å². The molecule has 0 aliphatic rings. The van der Waals surface area contributed by atoms with E-state index in [4.69, 9.17) is 17.3 Å². The minimum absolute atomic E-state index is 0.189. The van der Waals surface area contributed by atoms with Gasteiger partial charge in [-0.3, -0.25) is 0 Å². The van der Waals surface area contributed by atoms with Gasteiger partial charge in [0.15, 0.2) is 0 Å². The highest BCUT2D eigenvalue weighted by molar-refractivity contribution is 7.99. The molecule has 17 heavy (non-hydrogen) atoms. The quantitative estimate of drug-likeness (QED) is 0.871. The lowest BCUT2D eigenvalue weighted by molar-refractivity contribution is 0.612. The fourth-order valence-electron chi connectivity index (χ4n) is 1.48. The topological polar surface area (TPSA) is 43.8 Å². The van der Waals surface area contributed by atoms with Crippen LogP contribution in [0.4, 0.5) is 10.2 Å². The van der Waals surface area contributed by atoms with Crippen molar-refractivity contribution in [3.8, 4) is 5.69 Å². The van der Waals surface area contributed by atoms with Gasteiger partial charge in [0.25, 0.3) is 0 Å². The highest BCUT2D eigenvalue weighted by Gasteiger charge is 2.15. The van der Waals surface area contributed by atoms with Gasteiger partial charge in [-0.25, -0.2) is 9.07 Å². The largest absolute Gasteiger partial charge is 0.383 e. The van der Waals surface area contributed by atoms with Crippen LogP contribution in [0.25, 0.3) is 5.69 Å². The first-order chi connectivity index (χ1) is 8.15. The molecule has 1 heterocycles. The molecular formula is C11H11ClFN3S. The van der Waals surface area contributed by atoms with Gasteiger partial charge in [0, 0.05) is 0 Å². The zero-order chi connectivity index (χ0) is 12.4. The molecular weight excluding hydrogens is 261 g/mol. The Morgan fingerprint density at radius 1 is 1.53 bits per heavy atom. The summed E-state index contributed by atoms with van der Waals surface area (Å²) in [6.07, 6.45) is 1.62. The lowest BCUT2D eigenvalue weighted by atomic mass is 10.3. The van der Waals surface area contributed by atoms with Crippen LogP contribution in [0.15, 0.2) is 29.3 Å². The number of para-hydroxylation sites is 1. The van der Waals surface area contributed by atoms with Crippen LogP contribution >= 0.6 is 23.4 Å². The van der Waals surface area contributed by atoms with Crippen molar-refractivity contribution < 1.29 is 4.39 Å². The van der Waals surface area contributed by atoms with Gasteiger partial charge in [-0.1, -0.05) is 24.6 Å². The van der Waals surface area contributed by atoms with E-state index in [1.165, 1.54) is 10.7 Å². The third-order valence-electron chi connectivity index (χ3n) is 2.22. The predicted octanol–water partition coefficient (Wildman–Crippen LogP) is 3.36. The normalized spacial score (nSPS) is 10.8. The summed E-state index contributed by atoms with van der Waals surface area (Å²) in [5.41, 5.74) is 6.10. The maximum atomic E-state index is 13.7. The average Bonchev–Trinajstić information content (AvgIpc) is 2.62. The first-order valence-corrected chi connectivity index (χ1v) is 6.42. The fraction of sp³-hybridized carbons (Fsp3) is 0.182. The van der Waals surface area contributed by atoms with Crippen LogP contribution in [0, 0.1) is 5.82 Å². The van der Waals surface area contributed by atoms with Gasteiger partial charge in [0.05, 0.1) is 16.1 Å². The maximum Gasteiger partial charge on any atom is 0.150 e. The van der Waals surface area contributed by atoms with Crippen LogP contribution < -0.4 is 5.73 Å². The summed E-state index contributed by atoms with van der Waals surface area (Å²) < 4.78 is 15.0. The Morgan fingerprint density at radius 2 is 2.29 bits per heavy atom. The Labute approximate surface area is 108 Å². The van der Waals surface area contributed by atoms with Crippen molar-refractivity contribution >= 4 is 29.2 Å². The lowest BCUT2D eigenvalue weighted by Gasteiger charge is -2.07. The van der Waals surface area contributed by atoms with Crippen molar-refractivity contribution in [3.63, 3.8) is 0 Å². The fourth-order valence-corrected chi connectivity index (χ4v) is 2.39. The summed E-state index contributed by atoms with van der Waals surface area (Å²) >= 11 is 7.51. The number of thioether (sulfide) groups is 1. The molecule has 0 unspecified atom stereocenters. The highest BCUT2D eigenvalue weighted by Crippen LogP contribution is 2.30. The van der Waals surface area contributed by atoms with Crippen molar-refractivity contribution in [1.29, 1.82) is 0 Å². The first kappa shape index (κ1) is 12.3. The summed E-state index contributed by atoms with van der Waals surface area (Å²) in [6.45, 7) is 2.01. The Bertz CT molecular complexity index is 521. The number of nitrogen functional groups attached to an aromatic ring is 1. The SMILES string of the molecule is CCSc1cnn(-c2c(F)cccc2Cl)c1N. The van der Waals surface area contributed by atoms with E-state index in [2.05, 4.69) is 5.10 Å². The number of nitrogens with two attached hydrogens (primary N) is 1. The van der Waals surface area contributed by atoms with Crippen molar-refractivity contribution in [2.24, 2.45) is 0 Å². The Morgan fingerprint density at radius 3 is 2.94 bits per heavy atom. The van der Waals surface area contributed by atoms with E-state index in [0.717, 1.165) is 10.6 Å². The van der Waals surface area contributed by atoms with Crippen LogP contribution in [0.1, 0.15) is 6.92 Å². The maximum absolute atomic E-state index is 13.7. The Kier molecular flexibility index (Phi) is 3.59. The summed E-state index contributed by atoms with van der Waals surface area (Å²) in [7, 11) is 0. The van der Waals surface area contributed by atoms with Gasteiger partial charge in [-0.2, -0.15) is 5.10 Å². The molecule has 0 saturated heterocycles. The Balaban J connectivity index is 2.54. The molecule has 0 saturated carbocycles. The van der Waals surface area contributed by atoms with Crippen LogP contribution in [-0.4, -0.2) is 15.5 Å². The summed E-state index contributed by atoms with van der Waals surface area (Å²) in [5, 5.41) is 4.36. The van der Waals surface area contributed by atoms with E-state index in [1.807, 2.05) is 6.92 Å². The second-order valence-corrected chi connectivity index (χ2v) is 5.02. The molecule has 0 bridgehead atoms. The molecule has 0 aliphatic heterocycles. The standard InChI is InChI=1S/C11H11ClFN3S/c1-2-17-9-6-15-16(11(9)14)10-7(12)4-3-5-8(10)13/h3-6H,2,14H2,1H3. The van der Waals surface area contributed by atoms with Gasteiger partial charge >= 0.3 is 0 Å². The van der Waals surface area contributed by atoms with Gasteiger partial charge in [-0.15, -0.1) is 11.8 Å². The number of hydrogen-bond donors (Lipinski definition) is 1. The number of aromatic nitrogens is 2. The first-order valence-electron chi connectivity index (χ1n) is 5.05. The van der Waals surface area contributed by atoms with E-state index >= 15 is 0 Å². The molecule has 2 aromatic rings. The minimum atomic E-state index is -0.444. The predicted molar refractivity (Wildman–Crippen MR) is 69.3 cm³/mol. The van der Waals surface area contributed by atoms with Gasteiger partial charge < -0.3 is 5.73 Å². The van der Waals surface area contributed by atoms with Gasteiger partial charge in [-0.05, 0) is 17.9 Å². The highest BCUT2D eigenvalue weighted by atomic mass is 35.5. The molecule has 2 N–H and O–H groups in total. The Hall–Kier alpha value is -1.20. The van der Waals surface area contributed by atoms with Crippen LogP contribution in [0.2, 0.25) is 5.02 Å². The minimum Gasteiger partial charge on any atom is -0.383 e. The average molecular weight is 272 g/mol. The molecule has 0 atom stereocenters. The summed E-state index contributed by atoms with van der Waals surface area (Å²) in [4.78, 5) is 0.826. The van der Waals surface area contributed by atoms with Crippen LogP contribution in [0.5, 0.6) is 0 Å². The third kappa shape index (κ3) is 2.25. The molecule has 2 rings (SSSR count). The van der Waals surface area contributed by atoms with E-state index in [1.54, 1.807) is 30.1 Å². The molecule has 0 radical (unpaired) electrons. The molecule has 6 heteroatoms. The number of anilines is 1.